The van der Waals surface area contributed by atoms with E-state index in [0.717, 1.165) is 6.42 Å². The first-order chi connectivity index (χ1) is 7.04. The molecule has 15 heavy (non-hydrogen) atoms. The summed E-state index contributed by atoms with van der Waals surface area (Å²) in [4.78, 5) is 0. The van der Waals surface area contributed by atoms with Gasteiger partial charge in [0.25, 0.3) is 0 Å². The fourth-order valence-electron chi connectivity index (χ4n) is 1.72. The normalized spacial score (nSPS) is 16.0. The molecule has 0 bridgehead atoms. The van der Waals surface area contributed by atoms with Crippen molar-refractivity contribution in [2.75, 3.05) is 20.8 Å². The minimum Gasteiger partial charge on any atom is -0.395 e. The Morgan fingerprint density at radius 3 is 2.00 bits per heavy atom. The largest absolute Gasteiger partial charge is 0.395 e. The van der Waals surface area contributed by atoms with Gasteiger partial charge in [-0.1, -0.05) is 13.8 Å². The molecule has 0 amide bonds. The van der Waals surface area contributed by atoms with Crippen molar-refractivity contribution in [1.82, 2.24) is 5.32 Å². The van der Waals surface area contributed by atoms with Gasteiger partial charge >= 0.3 is 0 Å². The van der Waals surface area contributed by atoms with Crippen molar-refractivity contribution in [2.24, 2.45) is 5.92 Å². The second kappa shape index (κ2) is 8.05. The van der Waals surface area contributed by atoms with E-state index >= 15 is 0 Å². The molecule has 92 valence electrons. The number of aliphatic hydroxyl groups excluding tert-OH is 1. The lowest BCUT2D eigenvalue weighted by atomic mass is 10.0. The Morgan fingerprint density at radius 2 is 1.67 bits per heavy atom. The van der Waals surface area contributed by atoms with Crippen molar-refractivity contribution in [3.05, 3.63) is 0 Å². The lowest BCUT2D eigenvalue weighted by Gasteiger charge is -2.27. The van der Waals surface area contributed by atoms with E-state index in [1.807, 2.05) is 6.92 Å². The molecular weight excluding hydrogens is 194 g/mol. The van der Waals surface area contributed by atoms with Gasteiger partial charge < -0.3 is 19.9 Å². The van der Waals surface area contributed by atoms with Crippen molar-refractivity contribution >= 4 is 0 Å². The second-order valence-electron chi connectivity index (χ2n) is 4.30. The zero-order valence-corrected chi connectivity index (χ0v) is 10.5. The molecule has 0 fully saturated rings. The highest BCUT2D eigenvalue weighted by molar-refractivity contribution is 4.74. The zero-order chi connectivity index (χ0) is 11.8. The molecule has 0 saturated carbocycles. The molecular formula is C11H25NO3. The topological polar surface area (TPSA) is 50.7 Å². The SMILES string of the molecule is COC(OC)C(C)NC(CO)CC(C)C. The van der Waals surface area contributed by atoms with E-state index in [9.17, 15) is 5.11 Å². The van der Waals surface area contributed by atoms with E-state index in [4.69, 9.17) is 9.47 Å². The number of ether oxygens (including phenoxy) is 2. The Hall–Kier alpha value is -0.160. The van der Waals surface area contributed by atoms with Gasteiger partial charge in [0.05, 0.1) is 12.6 Å². The van der Waals surface area contributed by atoms with Crippen molar-refractivity contribution in [3.8, 4) is 0 Å². The van der Waals surface area contributed by atoms with Crippen molar-refractivity contribution in [2.45, 2.75) is 45.6 Å². The summed E-state index contributed by atoms with van der Waals surface area (Å²) in [5.74, 6) is 0.561. The highest BCUT2D eigenvalue weighted by Gasteiger charge is 2.19. The van der Waals surface area contributed by atoms with Crippen molar-refractivity contribution in [3.63, 3.8) is 0 Å². The van der Waals surface area contributed by atoms with Crippen LogP contribution >= 0.6 is 0 Å². The van der Waals surface area contributed by atoms with Gasteiger partial charge in [-0.25, -0.2) is 0 Å². The number of hydrogen-bond acceptors (Lipinski definition) is 4. The lowest BCUT2D eigenvalue weighted by Crippen LogP contribution is -2.47. The summed E-state index contributed by atoms with van der Waals surface area (Å²) in [5, 5.41) is 12.5. The molecule has 0 aromatic rings. The van der Waals surface area contributed by atoms with Crippen LogP contribution in [-0.2, 0) is 9.47 Å². The first-order valence-electron chi connectivity index (χ1n) is 5.47. The van der Waals surface area contributed by atoms with E-state index in [-0.39, 0.29) is 25.0 Å². The minimum atomic E-state index is -0.272. The highest BCUT2D eigenvalue weighted by Crippen LogP contribution is 2.07. The third-order valence-electron chi connectivity index (χ3n) is 2.35. The summed E-state index contributed by atoms with van der Waals surface area (Å²) >= 11 is 0. The first kappa shape index (κ1) is 14.8. The molecule has 2 atom stereocenters. The van der Waals surface area contributed by atoms with Gasteiger partial charge in [-0.15, -0.1) is 0 Å². The Morgan fingerprint density at radius 1 is 1.13 bits per heavy atom. The molecule has 0 heterocycles. The summed E-state index contributed by atoms with van der Waals surface area (Å²) < 4.78 is 10.3. The van der Waals surface area contributed by atoms with Crippen molar-refractivity contribution < 1.29 is 14.6 Å². The van der Waals surface area contributed by atoms with E-state index in [2.05, 4.69) is 19.2 Å². The molecule has 0 aromatic heterocycles. The van der Waals surface area contributed by atoms with Gasteiger partial charge in [0.15, 0.2) is 6.29 Å². The number of aliphatic hydroxyl groups is 1. The maximum Gasteiger partial charge on any atom is 0.171 e. The van der Waals surface area contributed by atoms with Crippen LogP contribution in [0, 0.1) is 5.92 Å². The second-order valence-corrected chi connectivity index (χ2v) is 4.30. The van der Waals surface area contributed by atoms with Crippen LogP contribution in [0.15, 0.2) is 0 Å². The molecule has 0 spiro atoms. The van der Waals surface area contributed by atoms with E-state index in [1.54, 1.807) is 14.2 Å². The van der Waals surface area contributed by atoms with Gasteiger partial charge in [-0.05, 0) is 19.3 Å². The monoisotopic (exact) mass is 219 g/mol. The van der Waals surface area contributed by atoms with Gasteiger partial charge in [0, 0.05) is 20.3 Å². The fraction of sp³-hybridized carbons (Fsp3) is 1.00. The maximum atomic E-state index is 9.21. The summed E-state index contributed by atoms with van der Waals surface area (Å²) in [6, 6.07) is 0.170. The minimum absolute atomic E-state index is 0.0656. The van der Waals surface area contributed by atoms with Crippen LogP contribution in [0.4, 0.5) is 0 Å². The summed E-state index contributed by atoms with van der Waals surface area (Å²) in [7, 11) is 3.23. The summed E-state index contributed by atoms with van der Waals surface area (Å²) in [6.07, 6.45) is 0.673. The number of nitrogens with one attached hydrogen (secondary N) is 1. The molecule has 4 nitrogen and oxygen atoms in total. The number of hydrogen-bond donors (Lipinski definition) is 2. The van der Waals surface area contributed by atoms with Crippen molar-refractivity contribution in [1.29, 1.82) is 0 Å². The number of methoxy groups -OCH3 is 2. The predicted molar refractivity (Wildman–Crippen MR) is 60.7 cm³/mol. The smallest absolute Gasteiger partial charge is 0.171 e. The molecule has 4 heteroatoms. The molecule has 0 rings (SSSR count). The van der Waals surface area contributed by atoms with E-state index in [0.29, 0.717) is 5.92 Å². The standard InChI is InChI=1S/C11H25NO3/c1-8(2)6-10(7-13)12-9(3)11(14-4)15-5/h8-13H,6-7H2,1-5H3. The van der Waals surface area contributed by atoms with Crippen LogP contribution in [0.3, 0.4) is 0 Å². The Bertz CT molecular complexity index is 149. The molecule has 0 aliphatic rings. The van der Waals surface area contributed by atoms with Crippen LogP contribution in [0.2, 0.25) is 0 Å². The predicted octanol–water partition coefficient (Wildman–Crippen LogP) is 0.990. The molecule has 2 N–H and O–H groups in total. The van der Waals surface area contributed by atoms with E-state index in [1.165, 1.54) is 0 Å². The van der Waals surface area contributed by atoms with Gasteiger partial charge in [0.1, 0.15) is 0 Å². The molecule has 0 radical (unpaired) electrons. The molecule has 0 aliphatic carbocycles. The Balaban J connectivity index is 4.04. The molecule has 0 aromatic carbocycles. The number of rotatable bonds is 8. The molecule has 0 aliphatic heterocycles. The van der Waals surface area contributed by atoms with Gasteiger partial charge in [-0.2, -0.15) is 0 Å². The third kappa shape index (κ3) is 6.10. The fourth-order valence-corrected chi connectivity index (χ4v) is 1.72. The highest BCUT2D eigenvalue weighted by atomic mass is 16.7. The van der Waals surface area contributed by atoms with Gasteiger partial charge in [0.2, 0.25) is 0 Å². The average molecular weight is 219 g/mol. The average Bonchev–Trinajstić information content (AvgIpc) is 2.17. The van der Waals surface area contributed by atoms with Crippen LogP contribution in [0.5, 0.6) is 0 Å². The lowest BCUT2D eigenvalue weighted by molar-refractivity contribution is -0.121. The van der Waals surface area contributed by atoms with Crippen LogP contribution in [0.25, 0.3) is 0 Å². The van der Waals surface area contributed by atoms with Crippen LogP contribution < -0.4 is 5.32 Å². The maximum absolute atomic E-state index is 9.21. The summed E-state index contributed by atoms with van der Waals surface area (Å²) in [6.45, 7) is 6.40. The van der Waals surface area contributed by atoms with Crippen LogP contribution in [0.1, 0.15) is 27.2 Å². The zero-order valence-electron chi connectivity index (χ0n) is 10.5. The van der Waals surface area contributed by atoms with E-state index < -0.39 is 0 Å². The van der Waals surface area contributed by atoms with Gasteiger partial charge in [-0.3, -0.25) is 0 Å². The first-order valence-corrected chi connectivity index (χ1v) is 5.47. The Labute approximate surface area is 93.0 Å². The quantitative estimate of drug-likeness (QED) is 0.598. The molecule has 2 unspecified atom stereocenters. The molecule has 0 saturated heterocycles. The van der Waals surface area contributed by atoms with Crippen LogP contribution in [-0.4, -0.2) is 44.3 Å². The Kier molecular flexibility index (Phi) is 7.96. The third-order valence-corrected chi connectivity index (χ3v) is 2.35. The summed E-state index contributed by atoms with van der Waals surface area (Å²) in [5.41, 5.74) is 0.